The number of carbonyl (C=O) groups is 2. The first-order valence-electron chi connectivity index (χ1n) is 3.96. The maximum absolute atomic E-state index is 10.9. The molecular weight excluding hydrogens is 176 g/mol. The third-order valence-corrected chi connectivity index (χ3v) is 1.32. The molecule has 0 aliphatic carbocycles. The van der Waals surface area contributed by atoms with Crippen LogP contribution in [-0.4, -0.2) is 38.4 Å². The second-order valence-corrected chi connectivity index (χ2v) is 2.29. The maximum atomic E-state index is 10.9. The molecule has 0 amide bonds. The quantitative estimate of drug-likeness (QED) is 0.576. The molecule has 5 heteroatoms. The Bertz CT molecular complexity index is 177. The highest BCUT2D eigenvalue weighted by molar-refractivity contribution is 5.78. The lowest BCUT2D eigenvalue weighted by atomic mass is 10.4. The lowest BCUT2D eigenvalue weighted by Crippen LogP contribution is -2.25. The first-order valence-corrected chi connectivity index (χ1v) is 3.96. The Morgan fingerprint density at radius 1 is 1.31 bits per heavy atom. The van der Waals surface area contributed by atoms with E-state index >= 15 is 0 Å². The normalized spacial score (nSPS) is 11.9. The van der Waals surface area contributed by atoms with Crippen molar-refractivity contribution >= 4 is 11.9 Å². The summed E-state index contributed by atoms with van der Waals surface area (Å²) in [5.41, 5.74) is 0. The maximum Gasteiger partial charge on any atom is 0.344 e. The summed E-state index contributed by atoms with van der Waals surface area (Å²) in [7, 11) is 1.39. The van der Waals surface area contributed by atoms with Crippen molar-refractivity contribution in [1.29, 1.82) is 0 Å². The van der Waals surface area contributed by atoms with Crippen molar-refractivity contribution in [2.45, 2.75) is 20.0 Å². The SMILES string of the molecule is CCOC(=O)COC(=O)C(C)OC. The van der Waals surface area contributed by atoms with Crippen LogP contribution >= 0.6 is 0 Å². The molecule has 0 N–H and O–H groups in total. The van der Waals surface area contributed by atoms with Crippen molar-refractivity contribution in [2.75, 3.05) is 20.3 Å². The number of esters is 2. The van der Waals surface area contributed by atoms with Crippen LogP contribution in [0.3, 0.4) is 0 Å². The molecule has 0 fully saturated rings. The van der Waals surface area contributed by atoms with Crippen LogP contribution in [0.25, 0.3) is 0 Å². The van der Waals surface area contributed by atoms with Crippen molar-refractivity contribution in [2.24, 2.45) is 0 Å². The number of hydrogen-bond donors (Lipinski definition) is 0. The third kappa shape index (κ3) is 5.19. The van der Waals surface area contributed by atoms with Gasteiger partial charge in [-0.25, -0.2) is 9.59 Å². The number of methoxy groups -OCH3 is 1. The molecule has 0 rings (SSSR count). The van der Waals surface area contributed by atoms with Gasteiger partial charge in [0.2, 0.25) is 0 Å². The minimum atomic E-state index is -0.658. The van der Waals surface area contributed by atoms with Gasteiger partial charge in [-0.15, -0.1) is 0 Å². The largest absolute Gasteiger partial charge is 0.463 e. The Morgan fingerprint density at radius 2 is 1.92 bits per heavy atom. The molecule has 5 nitrogen and oxygen atoms in total. The Labute approximate surface area is 77.0 Å². The molecule has 0 heterocycles. The molecule has 1 atom stereocenters. The van der Waals surface area contributed by atoms with Crippen LogP contribution in [0.1, 0.15) is 13.8 Å². The molecular formula is C8H14O5. The van der Waals surface area contributed by atoms with Crippen LogP contribution in [0.5, 0.6) is 0 Å². The third-order valence-electron chi connectivity index (χ3n) is 1.32. The van der Waals surface area contributed by atoms with Gasteiger partial charge in [-0.05, 0) is 13.8 Å². The average molecular weight is 190 g/mol. The molecule has 1 unspecified atom stereocenters. The Kier molecular flexibility index (Phi) is 5.88. The molecule has 0 radical (unpaired) electrons. The lowest BCUT2D eigenvalue weighted by Gasteiger charge is -2.08. The summed E-state index contributed by atoms with van der Waals surface area (Å²) in [4.78, 5) is 21.6. The van der Waals surface area contributed by atoms with E-state index in [4.69, 9.17) is 0 Å². The predicted octanol–water partition coefficient (Wildman–Crippen LogP) is 0.128. The zero-order valence-electron chi connectivity index (χ0n) is 8.03. The van der Waals surface area contributed by atoms with Crippen molar-refractivity contribution in [3.8, 4) is 0 Å². The van der Waals surface area contributed by atoms with Gasteiger partial charge in [-0.2, -0.15) is 0 Å². The standard InChI is InChI=1S/C8H14O5/c1-4-12-7(9)5-13-8(10)6(2)11-3/h6H,4-5H2,1-3H3. The van der Waals surface area contributed by atoms with Gasteiger partial charge in [0.05, 0.1) is 6.61 Å². The summed E-state index contributed by atoms with van der Waals surface area (Å²) in [5.74, 6) is -1.13. The van der Waals surface area contributed by atoms with Crippen LogP contribution in [0, 0.1) is 0 Å². The molecule has 0 aromatic heterocycles. The van der Waals surface area contributed by atoms with Gasteiger partial charge in [0, 0.05) is 7.11 Å². The molecule has 0 aliphatic heterocycles. The van der Waals surface area contributed by atoms with Gasteiger partial charge in [-0.3, -0.25) is 0 Å². The monoisotopic (exact) mass is 190 g/mol. The first kappa shape index (κ1) is 11.9. The topological polar surface area (TPSA) is 61.8 Å². The number of carbonyl (C=O) groups excluding carboxylic acids is 2. The number of ether oxygens (including phenoxy) is 3. The van der Waals surface area contributed by atoms with Crippen LogP contribution in [0.4, 0.5) is 0 Å². The van der Waals surface area contributed by atoms with Crippen LogP contribution in [-0.2, 0) is 23.8 Å². The van der Waals surface area contributed by atoms with E-state index in [1.54, 1.807) is 6.92 Å². The van der Waals surface area contributed by atoms with E-state index in [2.05, 4.69) is 14.2 Å². The summed E-state index contributed by atoms with van der Waals surface area (Å²) in [6.45, 7) is 3.13. The Hall–Kier alpha value is -1.10. The summed E-state index contributed by atoms with van der Waals surface area (Å²) >= 11 is 0. The highest BCUT2D eigenvalue weighted by atomic mass is 16.6. The molecule has 13 heavy (non-hydrogen) atoms. The summed E-state index contributed by atoms with van der Waals surface area (Å²) in [6, 6.07) is 0. The molecule has 0 aromatic carbocycles. The van der Waals surface area contributed by atoms with Crippen molar-refractivity contribution in [1.82, 2.24) is 0 Å². The zero-order chi connectivity index (χ0) is 10.3. The van der Waals surface area contributed by atoms with E-state index in [0.717, 1.165) is 0 Å². The highest BCUT2D eigenvalue weighted by Crippen LogP contribution is 1.92. The van der Waals surface area contributed by atoms with Gasteiger partial charge >= 0.3 is 11.9 Å². The average Bonchev–Trinajstić information content (AvgIpc) is 2.13. The first-order chi connectivity index (χ1) is 6.11. The summed E-state index contributed by atoms with van der Waals surface area (Å²) < 4.78 is 13.8. The van der Waals surface area contributed by atoms with Crippen molar-refractivity contribution in [3.63, 3.8) is 0 Å². The number of rotatable bonds is 5. The van der Waals surface area contributed by atoms with Gasteiger partial charge in [0.1, 0.15) is 0 Å². The minimum absolute atomic E-state index is 0.274. The fourth-order valence-corrected chi connectivity index (χ4v) is 0.546. The lowest BCUT2D eigenvalue weighted by molar-refractivity contribution is -0.164. The molecule has 0 saturated heterocycles. The van der Waals surface area contributed by atoms with E-state index in [9.17, 15) is 9.59 Å². The van der Waals surface area contributed by atoms with E-state index in [1.807, 2.05) is 0 Å². The summed E-state index contributed by atoms with van der Waals surface area (Å²) in [5, 5.41) is 0. The molecule has 0 bridgehead atoms. The highest BCUT2D eigenvalue weighted by Gasteiger charge is 2.14. The van der Waals surface area contributed by atoms with Gasteiger partial charge in [0.25, 0.3) is 0 Å². The van der Waals surface area contributed by atoms with Gasteiger partial charge in [0.15, 0.2) is 12.7 Å². The molecule has 0 aromatic rings. The fourth-order valence-electron chi connectivity index (χ4n) is 0.546. The Balaban J connectivity index is 3.63. The van der Waals surface area contributed by atoms with Crippen LogP contribution < -0.4 is 0 Å². The smallest absolute Gasteiger partial charge is 0.344 e. The van der Waals surface area contributed by atoms with E-state index in [-0.39, 0.29) is 13.2 Å². The van der Waals surface area contributed by atoms with Gasteiger partial charge < -0.3 is 14.2 Å². The van der Waals surface area contributed by atoms with E-state index in [0.29, 0.717) is 0 Å². The minimum Gasteiger partial charge on any atom is -0.463 e. The second kappa shape index (κ2) is 6.42. The van der Waals surface area contributed by atoms with Gasteiger partial charge in [-0.1, -0.05) is 0 Å². The van der Waals surface area contributed by atoms with E-state index < -0.39 is 18.0 Å². The summed E-state index contributed by atoms with van der Waals surface area (Å²) in [6.07, 6.45) is -0.658. The molecule has 0 spiro atoms. The number of hydrogen-bond acceptors (Lipinski definition) is 5. The van der Waals surface area contributed by atoms with E-state index in [1.165, 1.54) is 14.0 Å². The Morgan fingerprint density at radius 3 is 2.38 bits per heavy atom. The zero-order valence-corrected chi connectivity index (χ0v) is 8.03. The van der Waals surface area contributed by atoms with Crippen molar-refractivity contribution < 1.29 is 23.8 Å². The van der Waals surface area contributed by atoms with Crippen molar-refractivity contribution in [3.05, 3.63) is 0 Å². The van der Waals surface area contributed by atoms with Crippen LogP contribution in [0.15, 0.2) is 0 Å². The molecule has 76 valence electrons. The second-order valence-electron chi connectivity index (χ2n) is 2.29. The molecule has 0 aliphatic rings. The van der Waals surface area contributed by atoms with Crippen LogP contribution in [0.2, 0.25) is 0 Å². The molecule has 0 saturated carbocycles. The predicted molar refractivity (Wildman–Crippen MR) is 44.1 cm³/mol. The fraction of sp³-hybridized carbons (Fsp3) is 0.750.